The van der Waals surface area contributed by atoms with Crippen molar-refractivity contribution in [1.82, 2.24) is 9.80 Å². The third-order valence-corrected chi connectivity index (χ3v) is 7.57. The van der Waals surface area contributed by atoms with E-state index in [-0.39, 0.29) is 5.91 Å². The van der Waals surface area contributed by atoms with Crippen LogP contribution in [0.1, 0.15) is 53.6 Å². The van der Waals surface area contributed by atoms with Crippen molar-refractivity contribution in [2.24, 2.45) is 11.3 Å². The minimum absolute atomic E-state index is 0.256. The van der Waals surface area contributed by atoms with Crippen LogP contribution in [-0.4, -0.2) is 41.9 Å². The Hall–Kier alpha value is -1.65. The molecule has 1 amide bonds. The second-order valence-electron chi connectivity index (χ2n) is 9.41. The molecule has 2 aliphatic rings. The summed E-state index contributed by atoms with van der Waals surface area (Å²) in [5.41, 5.74) is 4.04. The van der Waals surface area contributed by atoms with Gasteiger partial charge in [0.2, 0.25) is 0 Å². The molecule has 28 heavy (non-hydrogen) atoms. The maximum atomic E-state index is 13.2. The number of carbonyl (C=O) groups excluding carboxylic acids is 1. The van der Waals surface area contributed by atoms with Crippen molar-refractivity contribution in [3.63, 3.8) is 0 Å². The molecule has 4 rings (SSSR count). The van der Waals surface area contributed by atoms with Crippen LogP contribution in [0.15, 0.2) is 35.7 Å². The van der Waals surface area contributed by atoms with E-state index >= 15 is 0 Å². The van der Waals surface area contributed by atoms with Crippen LogP contribution in [0.5, 0.6) is 0 Å². The normalized spacial score (nSPS) is 20.8. The summed E-state index contributed by atoms with van der Waals surface area (Å²) in [5.74, 6) is 0.981. The van der Waals surface area contributed by atoms with E-state index in [9.17, 15) is 4.79 Å². The van der Waals surface area contributed by atoms with Gasteiger partial charge in [-0.2, -0.15) is 0 Å². The Balaban J connectivity index is 1.37. The first-order valence-electron chi connectivity index (χ1n) is 10.6. The minimum Gasteiger partial charge on any atom is -0.336 e. The molecule has 1 atom stereocenters. The van der Waals surface area contributed by atoms with Crippen molar-refractivity contribution < 1.29 is 4.79 Å². The van der Waals surface area contributed by atoms with Crippen LogP contribution < -0.4 is 0 Å². The quantitative estimate of drug-likeness (QED) is 0.740. The summed E-state index contributed by atoms with van der Waals surface area (Å²) in [7, 11) is 0. The van der Waals surface area contributed by atoms with Gasteiger partial charge in [0, 0.05) is 43.0 Å². The van der Waals surface area contributed by atoms with Gasteiger partial charge in [-0.05, 0) is 41.7 Å². The molecule has 2 heterocycles. The molecule has 1 unspecified atom stereocenters. The molecule has 1 aliphatic heterocycles. The Kier molecular flexibility index (Phi) is 5.62. The maximum Gasteiger partial charge on any atom is 0.255 e. The first kappa shape index (κ1) is 19.7. The molecule has 0 radical (unpaired) electrons. The summed E-state index contributed by atoms with van der Waals surface area (Å²) in [6.07, 6.45) is 3.41. The molecule has 2 aromatic rings. The molecule has 1 aromatic carbocycles. The fraction of sp³-hybridized carbons (Fsp3) is 0.542. The molecule has 150 valence electrons. The van der Waals surface area contributed by atoms with E-state index in [4.69, 9.17) is 0 Å². The number of nitrogens with zero attached hydrogens (tertiary/aromatic N) is 2. The van der Waals surface area contributed by atoms with Crippen LogP contribution >= 0.6 is 11.3 Å². The van der Waals surface area contributed by atoms with E-state index in [0.717, 1.165) is 57.0 Å². The van der Waals surface area contributed by atoms with E-state index in [2.05, 4.69) is 66.3 Å². The summed E-state index contributed by atoms with van der Waals surface area (Å²) >= 11 is 1.81. The van der Waals surface area contributed by atoms with Crippen molar-refractivity contribution in [1.29, 1.82) is 0 Å². The van der Waals surface area contributed by atoms with Crippen LogP contribution in [0.3, 0.4) is 0 Å². The molecule has 3 nitrogen and oxygen atoms in total. The van der Waals surface area contributed by atoms with Crippen molar-refractivity contribution in [2.45, 2.75) is 46.6 Å². The lowest BCUT2D eigenvalue weighted by Gasteiger charge is -2.36. The van der Waals surface area contributed by atoms with Crippen molar-refractivity contribution >= 4 is 17.2 Å². The van der Waals surface area contributed by atoms with Gasteiger partial charge in [-0.15, -0.1) is 11.3 Å². The fourth-order valence-electron chi connectivity index (χ4n) is 4.55. The highest BCUT2D eigenvalue weighted by Gasteiger charge is 2.33. The number of hydrogen-bond acceptors (Lipinski definition) is 3. The van der Waals surface area contributed by atoms with Gasteiger partial charge in [-0.1, -0.05) is 51.1 Å². The van der Waals surface area contributed by atoms with Crippen molar-refractivity contribution in [3.8, 4) is 0 Å². The molecule has 0 N–H and O–H groups in total. The predicted octanol–water partition coefficient (Wildman–Crippen LogP) is 4.86. The van der Waals surface area contributed by atoms with E-state index in [0.29, 0.717) is 5.41 Å². The molecular weight excluding hydrogens is 364 g/mol. The maximum absolute atomic E-state index is 13.2. The second-order valence-corrected chi connectivity index (χ2v) is 10.4. The van der Waals surface area contributed by atoms with Crippen LogP contribution in [0, 0.1) is 11.3 Å². The van der Waals surface area contributed by atoms with Crippen molar-refractivity contribution in [2.75, 3.05) is 26.2 Å². The average Bonchev–Trinajstić information content (AvgIpc) is 3.11. The van der Waals surface area contributed by atoms with Crippen LogP contribution in [-0.2, 0) is 19.4 Å². The molecular formula is C24H32N2OS. The minimum atomic E-state index is 0.256. The van der Waals surface area contributed by atoms with Gasteiger partial charge < -0.3 is 4.90 Å². The van der Waals surface area contributed by atoms with E-state index in [1.807, 2.05) is 11.3 Å². The van der Waals surface area contributed by atoms with E-state index in [1.165, 1.54) is 22.4 Å². The van der Waals surface area contributed by atoms with Gasteiger partial charge in [-0.25, -0.2) is 0 Å². The molecule has 4 heteroatoms. The Morgan fingerprint density at radius 2 is 1.82 bits per heavy atom. The lowest BCUT2D eigenvalue weighted by atomic mass is 9.72. The fourth-order valence-corrected chi connectivity index (χ4v) is 5.71. The van der Waals surface area contributed by atoms with E-state index < -0.39 is 0 Å². The lowest BCUT2D eigenvalue weighted by molar-refractivity contribution is 0.0627. The number of benzene rings is 1. The summed E-state index contributed by atoms with van der Waals surface area (Å²) in [6.45, 7) is 11.6. The predicted molar refractivity (Wildman–Crippen MR) is 117 cm³/mol. The highest BCUT2D eigenvalue weighted by Crippen LogP contribution is 2.40. The number of amides is 1. The van der Waals surface area contributed by atoms with Gasteiger partial charge in [0.15, 0.2) is 0 Å². The Morgan fingerprint density at radius 1 is 1.11 bits per heavy atom. The third-order valence-electron chi connectivity index (χ3n) is 6.52. The third kappa shape index (κ3) is 4.18. The molecule has 1 aliphatic carbocycles. The number of carbonyl (C=O) groups is 1. The monoisotopic (exact) mass is 396 g/mol. The molecule has 0 bridgehead atoms. The smallest absolute Gasteiger partial charge is 0.255 e. The second kappa shape index (κ2) is 8.00. The van der Waals surface area contributed by atoms with Crippen LogP contribution in [0.2, 0.25) is 0 Å². The molecule has 1 fully saturated rings. The van der Waals surface area contributed by atoms with Gasteiger partial charge >= 0.3 is 0 Å². The van der Waals surface area contributed by atoms with E-state index in [1.54, 1.807) is 0 Å². The van der Waals surface area contributed by atoms with Gasteiger partial charge in [-0.3, -0.25) is 9.69 Å². The molecule has 1 saturated heterocycles. The summed E-state index contributed by atoms with van der Waals surface area (Å²) in [5, 5.41) is 2.13. The number of hydrogen-bond donors (Lipinski definition) is 0. The standard InChI is InChI=1S/C24H32N2OS/c1-24(2,3)19-9-10-20-21(17-28-22(20)15-19)23(27)26-13-11-25(12-14-26)16-18-7-5-4-6-8-18/h4-8,17,19H,9-16H2,1-3H3. The average molecular weight is 397 g/mol. The largest absolute Gasteiger partial charge is 0.336 e. The highest BCUT2D eigenvalue weighted by molar-refractivity contribution is 7.10. The Labute approximate surface area is 173 Å². The number of fused-ring (bicyclic) bond motifs is 1. The first-order chi connectivity index (χ1) is 13.4. The van der Waals surface area contributed by atoms with Crippen LogP contribution in [0.4, 0.5) is 0 Å². The topological polar surface area (TPSA) is 23.6 Å². The van der Waals surface area contributed by atoms with Gasteiger partial charge in [0.1, 0.15) is 0 Å². The zero-order valence-electron chi connectivity index (χ0n) is 17.4. The molecule has 0 saturated carbocycles. The summed E-state index contributed by atoms with van der Waals surface area (Å²) in [6, 6.07) is 10.6. The number of rotatable bonds is 3. The highest BCUT2D eigenvalue weighted by atomic mass is 32.1. The summed E-state index contributed by atoms with van der Waals surface area (Å²) < 4.78 is 0. The zero-order valence-corrected chi connectivity index (χ0v) is 18.2. The number of thiophene rings is 1. The Bertz CT molecular complexity index is 813. The Morgan fingerprint density at radius 3 is 2.50 bits per heavy atom. The van der Waals surface area contributed by atoms with Crippen molar-refractivity contribution in [3.05, 3.63) is 57.3 Å². The lowest BCUT2D eigenvalue weighted by Crippen LogP contribution is -2.48. The van der Waals surface area contributed by atoms with Gasteiger partial charge in [0.05, 0.1) is 5.56 Å². The number of piperazine rings is 1. The van der Waals surface area contributed by atoms with Crippen LogP contribution in [0.25, 0.3) is 0 Å². The van der Waals surface area contributed by atoms with Gasteiger partial charge in [0.25, 0.3) is 5.91 Å². The molecule has 0 spiro atoms. The zero-order chi connectivity index (χ0) is 19.7. The molecule has 1 aromatic heterocycles. The summed E-state index contributed by atoms with van der Waals surface area (Å²) in [4.78, 5) is 19.2. The first-order valence-corrected chi connectivity index (χ1v) is 11.4. The SMILES string of the molecule is CC(C)(C)C1CCc2c(C(=O)N3CCN(Cc4ccccc4)CC3)csc2C1.